The molecule has 4 nitrogen and oxygen atoms in total. The summed E-state index contributed by atoms with van der Waals surface area (Å²) in [5.41, 5.74) is 0.371. The molecule has 0 saturated heterocycles. The molecule has 0 unspecified atom stereocenters. The number of aliphatic hydroxyl groups is 1. The van der Waals surface area contributed by atoms with E-state index in [-0.39, 0.29) is 18.1 Å². The molecule has 0 aromatic heterocycles. The number of rotatable bonds is 4. The van der Waals surface area contributed by atoms with Crippen molar-refractivity contribution in [3.8, 4) is 0 Å². The average molecular weight is 279 g/mol. The Morgan fingerprint density at radius 2 is 2.05 bits per heavy atom. The predicted octanol–water partition coefficient (Wildman–Crippen LogP) is 3.38. The molecule has 1 N–H and O–H groups in total. The van der Waals surface area contributed by atoms with Crippen LogP contribution in [0, 0.1) is 15.9 Å². The summed E-state index contributed by atoms with van der Waals surface area (Å²) in [4.78, 5) is 11.5. The third kappa shape index (κ3) is 3.30. The summed E-state index contributed by atoms with van der Waals surface area (Å²) < 4.78 is 13.1. The molecule has 0 heterocycles. The Kier molecular flexibility index (Phi) is 4.13. The van der Waals surface area contributed by atoms with E-state index in [0.717, 1.165) is 11.8 Å². The first-order valence-corrected chi connectivity index (χ1v) is 6.23. The van der Waals surface area contributed by atoms with E-state index in [1.54, 1.807) is 24.3 Å². The maximum Gasteiger partial charge on any atom is 0.283 e. The fourth-order valence-electron chi connectivity index (χ4n) is 1.55. The zero-order valence-corrected chi connectivity index (χ0v) is 10.6. The highest BCUT2D eigenvalue weighted by molar-refractivity contribution is 7.99. The van der Waals surface area contributed by atoms with Gasteiger partial charge in [0.25, 0.3) is 5.69 Å². The van der Waals surface area contributed by atoms with Gasteiger partial charge in [-0.15, -0.1) is 0 Å². The number of benzene rings is 2. The van der Waals surface area contributed by atoms with Gasteiger partial charge in [-0.05, 0) is 29.8 Å². The van der Waals surface area contributed by atoms with E-state index >= 15 is 0 Å². The first-order chi connectivity index (χ1) is 9.10. The van der Waals surface area contributed by atoms with Gasteiger partial charge in [0.05, 0.1) is 16.4 Å². The zero-order valence-electron chi connectivity index (χ0n) is 9.75. The molecule has 0 aliphatic carbocycles. The number of hydrogen-bond acceptors (Lipinski definition) is 4. The van der Waals surface area contributed by atoms with Crippen LogP contribution in [0.4, 0.5) is 10.1 Å². The molecule has 19 heavy (non-hydrogen) atoms. The summed E-state index contributed by atoms with van der Waals surface area (Å²) in [5.74, 6) is -0.389. The monoisotopic (exact) mass is 279 g/mol. The van der Waals surface area contributed by atoms with Gasteiger partial charge in [-0.1, -0.05) is 23.9 Å². The Labute approximate surface area is 113 Å². The van der Waals surface area contributed by atoms with Gasteiger partial charge in [0.2, 0.25) is 0 Å². The quantitative estimate of drug-likeness (QED) is 0.688. The van der Waals surface area contributed by atoms with Crippen LogP contribution in [0.25, 0.3) is 0 Å². The summed E-state index contributed by atoms with van der Waals surface area (Å²) in [5, 5.41) is 20.0. The SMILES string of the molecule is O=[N+]([O-])c1cc(CO)ccc1Sc1cccc(F)c1. The molecular weight excluding hydrogens is 269 g/mol. The number of nitro groups is 1. The van der Waals surface area contributed by atoms with Gasteiger partial charge >= 0.3 is 0 Å². The molecule has 6 heteroatoms. The standard InChI is InChI=1S/C13H10FNO3S/c14-10-2-1-3-11(7-10)19-13-5-4-9(8-16)6-12(13)15(17)18/h1-7,16H,8H2. The maximum atomic E-state index is 13.1. The van der Waals surface area contributed by atoms with E-state index in [1.807, 2.05) is 0 Å². The Morgan fingerprint density at radius 3 is 2.68 bits per heavy atom. The van der Waals surface area contributed by atoms with Crippen molar-refractivity contribution in [2.45, 2.75) is 16.4 Å². The van der Waals surface area contributed by atoms with Gasteiger partial charge in [0.15, 0.2) is 0 Å². The Balaban J connectivity index is 2.36. The van der Waals surface area contributed by atoms with Gasteiger partial charge in [-0.3, -0.25) is 10.1 Å². The normalized spacial score (nSPS) is 10.4. The summed E-state index contributed by atoms with van der Waals surface area (Å²) in [6, 6.07) is 10.3. The van der Waals surface area contributed by atoms with Gasteiger partial charge in [-0.25, -0.2) is 4.39 Å². The van der Waals surface area contributed by atoms with E-state index < -0.39 is 4.92 Å². The largest absolute Gasteiger partial charge is 0.392 e. The number of nitro benzene ring substituents is 1. The molecule has 0 aliphatic heterocycles. The number of aliphatic hydroxyl groups excluding tert-OH is 1. The maximum absolute atomic E-state index is 13.1. The molecule has 0 radical (unpaired) electrons. The second-order valence-electron chi connectivity index (χ2n) is 3.78. The second kappa shape index (κ2) is 5.81. The van der Waals surface area contributed by atoms with Crippen molar-refractivity contribution in [1.82, 2.24) is 0 Å². The number of halogens is 1. The van der Waals surface area contributed by atoms with Crippen LogP contribution in [-0.2, 0) is 6.61 Å². The smallest absolute Gasteiger partial charge is 0.283 e. The van der Waals surface area contributed by atoms with Crippen LogP contribution in [0.1, 0.15) is 5.56 Å². The summed E-state index contributed by atoms with van der Waals surface area (Å²) >= 11 is 1.11. The first-order valence-electron chi connectivity index (χ1n) is 5.42. The van der Waals surface area contributed by atoms with Gasteiger partial charge < -0.3 is 5.11 Å². The van der Waals surface area contributed by atoms with Crippen molar-refractivity contribution >= 4 is 17.4 Å². The van der Waals surface area contributed by atoms with Crippen LogP contribution in [-0.4, -0.2) is 10.0 Å². The lowest BCUT2D eigenvalue weighted by molar-refractivity contribution is -0.387. The third-order valence-electron chi connectivity index (χ3n) is 2.43. The molecular formula is C13H10FNO3S. The topological polar surface area (TPSA) is 63.4 Å². The van der Waals surface area contributed by atoms with E-state index in [1.165, 1.54) is 18.2 Å². The fraction of sp³-hybridized carbons (Fsp3) is 0.0769. The van der Waals surface area contributed by atoms with Crippen molar-refractivity contribution in [2.24, 2.45) is 0 Å². The van der Waals surface area contributed by atoms with Crippen molar-refractivity contribution in [3.05, 3.63) is 64.0 Å². The molecule has 0 amide bonds. The van der Waals surface area contributed by atoms with Crippen molar-refractivity contribution < 1.29 is 14.4 Å². The predicted molar refractivity (Wildman–Crippen MR) is 69.5 cm³/mol. The van der Waals surface area contributed by atoms with Gasteiger partial charge in [-0.2, -0.15) is 0 Å². The van der Waals surface area contributed by atoms with E-state index in [0.29, 0.717) is 15.4 Å². The molecule has 2 rings (SSSR count). The summed E-state index contributed by atoms with van der Waals surface area (Å²) in [6.45, 7) is -0.258. The number of hydrogen-bond donors (Lipinski definition) is 1. The molecule has 2 aromatic carbocycles. The van der Waals surface area contributed by atoms with Crippen LogP contribution < -0.4 is 0 Å². The zero-order chi connectivity index (χ0) is 13.8. The lowest BCUT2D eigenvalue weighted by Crippen LogP contribution is -1.93. The lowest BCUT2D eigenvalue weighted by Gasteiger charge is -2.04. The van der Waals surface area contributed by atoms with Gasteiger partial charge in [0.1, 0.15) is 5.82 Å². The highest BCUT2D eigenvalue weighted by Crippen LogP contribution is 2.35. The first kappa shape index (κ1) is 13.5. The van der Waals surface area contributed by atoms with E-state index in [9.17, 15) is 14.5 Å². The number of nitrogens with zero attached hydrogens (tertiary/aromatic N) is 1. The molecule has 98 valence electrons. The molecule has 2 aromatic rings. The molecule has 0 atom stereocenters. The minimum absolute atomic E-state index is 0.0965. The second-order valence-corrected chi connectivity index (χ2v) is 4.89. The molecule has 0 aliphatic rings. The van der Waals surface area contributed by atoms with Crippen LogP contribution in [0.5, 0.6) is 0 Å². The third-order valence-corrected chi connectivity index (χ3v) is 3.48. The van der Waals surface area contributed by atoms with Crippen LogP contribution in [0.2, 0.25) is 0 Å². The molecule has 0 bridgehead atoms. The van der Waals surface area contributed by atoms with Crippen LogP contribution in [0.3, 0.4) is 0 Å². The fourth-order valence-corrected chi connectivity index (χ4v) is 2.49. The lowest BCUT2D eigenvalue weighted by atomic mass is 10.2. The van der Waals surface area contributed by atoms with Crippen molar-refractivity contribution in [3.63, 3.8) is 0 Å². The Hall–Kier alpha value is -1.92. The summed E-state index contributed by atoms with van der Waals surface area (Å²) in [7, 11) is 0. The minimum atomic E-state index is -0.513. The molecule has 0 fully saturated rings. The van der Waals surface area contributed by atoms with Gasteiger partial charge in [0, 0.05) is 11.0 Å². The van der Waals surface area contributed by atoms with E-state index in [4.69, 9.17) is 5.11 Å². The molecule has 0 spiro atoms. The van der Waals surface area contributed by atoms with Crippen molar-refractivity contribution in [1.29, 1.82) is 0 Å². The Morgan fingerprint density at radius 1 is 1.26 bits per heavy atom. The molecule has 0 saturated carbocycles. The summed E-state index contributed by atoms with van der Waals surface area (Å²) in [6.07, 6.45) is 0. The van der Waals surface area contributed by atoms with E-state index in [2.05, 4.69) is 0 Å². The van der Waals surface area contributed by atoms with Crippen LogP contribution in [0.15, 0.2) is 52.3 Å². The highest BCUT2D eigenvalue weighted by Gasteiger charge is 2.15. The highest BCUT2D eigenvalue weighted by atomic mass is 32.2. The van der Waals surface area contributed by atoms with Crippen LogP contribution >= 0.6 is 11.8 Å². The average Bonchev–Trinajstić information content (AvgIpc) is 2.39. The van der Waals surface area contributed by atoms with Crippen molar-refractivity contribution in [2.75, 3.05) is 0 Å². The minimum Gasteiger partial charge on any atom is -0.392 e. The Bertz CT molecular complexity index is 619.